The number of rotatable bonds is 5. The van der Waals surface area contributed by atoms with Gasteiger partial charge in [-0.3, -0.25) is 0 Å². The maximum atomic E-state index is 12.6. The molecule has 0 bridgehead atoms. The monoisotopic (exact) mass is 331 g/mol. The van der Waals surface area contributed by atoms with Gasteiger partial charge in [0.15, 0.2) is 0 Å². The predicted octanol–water partition coefficient (Wildman–Crippen LogP) is 3.59. The summed E-state index contributed by atoms with van der Waals surface area (Å²) in [7, 11) is 0. The van der Waals surface area contributed by atoms with E-state index in [-0.39, 0.29) is 12.1 Å². The van der Waals surface area contributed by atoms with Crippen LogP contribution in [0.2, 0.25) is 0 Å². The van der Waals surface area contributed by atoms with Crippen molar-refractivity contribution in [2.24, 2.45) is 0 Å². The smallest absolute Gasteiger partial charge is 0.318 e. The lowest BCUT2D eigenvalue weighted by molar-refractivity contribution is 0.192. The van der Waals surface area contributed by atoms with Crippen LogP contribution in [-0.2, 0) is 6.54 Å². The fourth-order valence-electron chi connectivity index (χ4n) is 2.92. The first-order valence-corrected chi connectivity index (χ1v) is 8.87. The van der Waals surface area contributed by atoms with Gasteiger partial charge in [-0.2, -0.15) is 11.3 Å². The van der Waals surface area contributed by atoms with Crippen LogP contribution in [0.4, 0.5) is 4.79 Å². The maximum Gasteiger partial charge on any atom is 0.318 e. The molecule has 122 valence electrons. The molecular formula is C17H21N3O2S. The zero-order valence-electron chi connectivity index (χ0n) is 13.2. The van der Waals surface area contributed by atoms with Crippen molar-refractivity contribution in [3.63, 3.8) is 0 Å². The molecule has 0 unspecified atom stereocenters. The Morgan fingerprint density at radius 1 is 1.52 bits per heavy atom. The van der Waals surface area contributed by atoms with E-state index in [1.54, 1.807) is 17.5 Å². The number of hydrogen-bond acceptors (Lipinski definition) is 4. The summed E-state index contributed by atoms with van der Waals surface area (Å²) in [6, 6.07) is 6.06. The number of carbonyl (C=O) groups is 1. The lowest BCUT2D eigenvalue weighted by Crippen LogP contribution is -2.39. The number of aromatic nitrogens is 1. The van der Waals surface area contributed by atoms with Crippen molar-refractivity contribution in [3.8, 4) is 5.88 Å². The molecule has 2 aromatic heterocycles. The molecule has 1 atom stereocenters. The number of pyridine rings is 1. The molecule has 1 aliphatic heterocycles. The third-order valence-corrected chi connectivity index (χ3v) is 4.70. The van der Waals surface area contributed by atoms with E-state index in [0.717, 1.165) is 24.9 Å². The van der Waals surface area contributed by atoms with Crippen molar-refractivity contribution in [2.45, 2.75) is 32.4 Å². The Morgan fingerprint density at radius 2 is 2.43 bits per heavy atom. The van der Waals surface area contributed by atoms with Gasteiger partial charge in [0.2, 0.25) is 5.88 Å². The highest BCUT2D eigenvalue weighted by molar-refractivity contribution is 7.07. The van der Waals surface area contributed by atoms with Crippen LogP contribution in [0.5, 0.6) is 5.88 Å². The highest BCUT2D eigenvalue weighted by atomic mass is 32.1. The number of thiophene rings is 1. The van der Waals surface area contributed by atoms with Crippen molar-refractivity contribution < 1.29 is 9.53 Å². The molecule has 0 radical (unpaired) electrons. The van der Waals surface area contributed by atoms with Crippen molar-refractivity contribution >= 4 is 17.4 Å². The summed E-state index contributed by atoms with van der Waals surface area (Å²) in [5.41, 5.74) is 2.13. The first kappa shape index (κ1) is 15.8. The largest absolute Gasteiger partial charge is 0.478 e. The minimum Gasteiger partial charge on any atom is -0.478 e. The number of amides is 2. The summed E-state index contributed by atoms with van der Waals surface area (Å²) in [6.45, 7) is 3.71. The SMILES string of the molecule is CCOc1ncccc1CNC(=O)N1CCC[C@H]1c1ccsc1. The fraction of sp³-hybridized carbons (Fsp3) is 0.412. The Bertz CT molecular complexity index is 645. The second-order valence-electron chi connectivity index (χ2n) is 5.47. The first-order chi connectivity index (χ1) is 11.3. The number of likely N-dealkylation sites (tertiary alicyclic amines) is 1. The van der Waals surface area contributed by atoms with E-state index in [1.807, 2.05) is 24.0 Å². The summed E-state index contributed by atoms with van der Waals surface area (Å²) in [6.07, 6.45) is 3.77. The molecule has 23 heavy (non-hydrogen) atoms. The van der Waals surface area contributed by atoms with Gasteiger partial charge >= 0.3 is 6.03 Å². The van der Waals surface area contributed by atoms with Crippen molar-refractivity contribution in [1.82, 2.24) is 15.2 Å². The second kappa shape index (κ2) is 7.46. The number of nitrogens with zero attached hydrogens (tertiary/aromatic N) is 2. The van der Waals surface area contributed by atoms with Gasteiger partial charge in [0.05, 0.1) is 12.6 Å². The van der Waals surface area contributed by atoms with Gasteiger partial charge in [0, 0.05) is 24.8 Å². The number of nitrogens with one attached hydrogen (secondary N) is 1. The Kier molecular flexibility index (Phi) is 5.12. The van der Waals surface area contributed by atoms with E-state index in [2.05, 4.69) is 27.1 Å². The zero-order chi connectivity index (χ0) is 16.1. The molecule has 5 nitrogen and oxygen atoms in total. The molecule has 0 aromatic carbocycles. The molecule has 0 spiro atoms. The molecule has 3 heterocycles. The van der Waals surface area contributed by atoms with E-state index in [1.165, 1.54) is 5.56 Å². The van der Waals surface area contributed by atoms with E-state index < -0.39 is 0 Å². The number of carbonyl (C=O) groups excluding carboxylic acids is 1. The molecule has 2 aromatic rings. The zero-order valence-corrected chi connectivity index (χ0v) is 14.0. The Balaban J connectivity index is 1.63. The highest BCUT2D eigenvalue weighted by Gasteiger charge is 2.30. The average Bonchev–Trinajstić information content (AvgIpc) is 3.24. The van der Waals surface area contributed by atoms with Crippen LogP contribution < -0.4 is 10.1 Å². The Hall–Kier alpha value is -2.08. The molecule has 1 fully saturated rings. The van der Waals surface area contributed by atoms with Gasteiger partial charge in [-0.15, -0.1) is 0 Å². The van der Waals surface area contributed by atoms with Crippen LogP contribution in [0.1, 0.15) is 36.9 Å². The van der Waals surface area contributed by atoms with Gasteiger partial charge in [0.25, 0.3) is 0 Å². The van der Waals surface area contributed by atoms with Crippen molar-refractivity contribution in [3.05, 3.63) is 46.3 Å². The van der Waals surface area contributed by atoms with Gasteiger partial charge in [-0.1, -0.05) is 6.07 Å². The average molecular weight is 331 g/mol. The first-order valence-electron chi connectivity index (χ1n) is 7.93. The molecular weight excluding hydrogens is 310 g/mol. The minimum atomic E-state index is -0.0231. The minimum absolute atomic E-state index is 0.0231. The highest BCUT2D eigenvalue weighted by Crippen LogP contribution is 2.33. The molecule has 1 aliphatic rings. The normalized spacial score (nSPS) is 17.3. The second-order valence-corrected chi connectivity index (χ2v) is 6.25. The summed E-state index contributed by atoms with van der Waals surface area (Å²) >= 11 is 1.67. The van der Waals surface area contributed by atoms with E-state index >= 15 is 0 Å². The van der Waals surface area contributed by atoms with Gasteiger partial charge in [-0.25, -0.2) is 9.78 Å². The lowest BCUT2D eigenvalue weighted by atomic mass is 10.1. The van der Waals surface area contributed by atoms with Crippen LogP contribution in [0, 0.1) is 0 Å². The van der Waals surface area contributed by atoms with Gasteiger partial charge in [0.1, 0.15) is 0 Å². The van der Waals surface area contributed by atoms with Crippen LogP contribution in [-0.4, -0.2) is 29.1 Å². The van der Waals surface area contributed by atoms with E-state index in [9.17, 15) is 4.79 Å². The van der Waals surface area contributed by atoms with Crippen LogP contribution in [0.25, 0.3) is 0 Å². The maximum absolute atomic E-state index is 12.6. The third-order valence-electron chi connectivity index (χ3n) is 4.00. The van der Waals surface area contributed by atoms with Crippen LogP contribution in [0.3, 0.4) is 0 Å². The third kappa shape index (κ3) is 3.64. The summed E-state index contributed by atoms with van der Waals surface area (Å²) < 4.78 is 5.50. The molecule has 1 saturated heterocycles. The molecule has 3 rings (SSSR count). The standard InChI is InChI=1S/C17H21N3O2S/c1-2-22-16-13(5-3-8-18-16)11-19-17(21)20-9-4-6-15(20)14-7-10-23-12-14/h3,5,7-8,10,12,15H,2,4,6,9,11H2,1H3,(H,19,21)/t15-/m0/s1. The molecule has 0 saturated carbocycles. The van der Waals surface area contributed by atoms with Crippen LogP contribution >= 0.6 is 11.3 Å². The van der Waals surface area contributed by atoms with Crippen LogP contribution in [0.15, 0.2) is 35.2 Å². The number of hydrogen-bond donors (Lipinski definition) is 1. The fourth-order valence-corrected chi connectivity index (χ4v) is 3.63. The molecule has 6 heteroatoms. The quantitative estimate of drug-likeness (QED) is 0.911. The summed E-state index contributed by atoms with van der Waals surface area (Å²) in [5, 5.41) is 7.19. The Labute approximate surface area is 140 Å². The lowest BCUT2D eigenvalue weighted by Gasteiger charge is -2.24. The van der Waals surface area contributed by atoms with Crippen molar-refractivity contribution in [2.75, 3.05) is 13.2 Å². The molecule has 2 amide bonds. The molecule has 1 N–H and O–H groups in total. The van der Waals surface area contributed by atoms with Gasteiger partial charge in [-0.05, 0) is 48.2 Å². The molecule has 0 aliphatic carbocycles. The Morgan fingerprint density at radius 3 is 3.22 bits per heavy atom. The van der Waals surface area contributed by atoms with E-state index in [0.29, 0.717) is 19.0 Å². The number of ether oxygens (including phenoxy) is 1. The predicted molar refractivity (Wildman–Crippen MR) is 90.6 cm³/mol. The van der Waals surface area contributed by atoms with Gasteiger partial charge < -0.3 is 15.0 Å². The van der Waals surface area contributed by atoms with Crippen molar-refractivity contribution in [1.29, 1.82) is 0 Å². The number of urea groups is 1. The summed E-state index contributed by atoms with van der Waals surface area (Å²) in [4.78, 5) is 18.7. The topological polar surface area (TPSA) is 54.5 Å². The summed E-state index contributed by atoms with van der Waals surface area (Å²) in [5.74, 6) is 0.589. The van der Waals surface area contributed by atoms with E-state index in [4.69, 9.17) is 4.74 Å².